The molecule has 3 atom stereocenters. The molecule has 2 aromatic heterocycles. The number of nitrogens with zero attached hydrogens (tertiary/aromatic N) is 5. The lowest BCUT2D eigenvalue weighted by molar-refractivity contribution is -0.137. The fourth-order valence-electron chi connectivity index (χ4n) is 4.19. The molecule has 1 fully saturated rings. The van der Waals surface area contributed by atoms with Crippen LogP contribution in [0.3, 0.4) is 0 Å². The minimum Gasteiger partial charge on any atom is -0.340 e. The van der Waals surface area contributed by atoms with Gasteiger partial charge in [0.2, 0.25) is 5.91 Å². The molecule has 1 aliphatic heterocycles. The first-order valence-corrected chi connectivity index (χ1v) is 9.58. The Morgan fingerprint density at radius 3 is 2.33 bits per heavy atom. The summed E-state index contributed by atoms with van der Waals surface area (Å²) in [6.45, 7) is 11.5. The van der Waals surface area contributed by atoms with Gasteiger partial charge in [0.25, 0.3) is 5.56 Å². The summed E-state index contributed by atoms with van der Waals surface area (Å²) >= 11 is 0. The van der Waals surface area contributed by atoms with E-state index in [0.717, 1.165) is 36.5 Å². The number of aryl methyl sites for hydroxylation is 2. The Kier molecular flexibility index (Phi) is 5.22. The van der Waals surface area contributed by atoms with E-state index >= 15 is 0 Å². The van der Waals surface area contributed by atoms with Crippen LogP contribution in [0.25, 0.3) is 11.3 Å². The smallest absolute Gasteiger partial charge is 0.267 e. The van der Waals surface area contributed by atoms with Gasteiger partial charge >= 0.3 is 0 Å². The predicted octanol–water partition coefficient (Wildman–Crippen LogP) is 2.33. The van der Waals surface area contributed by atoms with Gasteiger partial charge in [-0.2, -0.15) is 10.2 Å². The van der Waals surface area contributed by atoms with E-state index in [1.807, 2.05) is 25.8 Å². The third kappa shape index (κ3) is 3.68. The van der Waals surface area contributed by atoms with Gasteiger partial charge in [0.05, 0.1) is 11.4 Å². The van der Waals surface area contributed by atoms with Crippen LogP contribution in [0.2, 0.25) is 0 Å². The molecule has 1 amide bonds. The van der Waals surface area contributed by atoms with Crippen LogP contribution in [0.4, 0.5) is 0 Å². The Morgan fingerprint density at radius 2 is 1.78 bits per heavy atom. The summed E-state index contributed by atoms with van der Waals surface area (Å²) in [6.07, 6.45) is 1.13. The Bertz CT molecular complexity index is 904. The molecule has 3 heterocycles. The van der Waals surface area contributed by atoms with Crippen molar-refractivity contribution >= 4 is 5.91 Å². The molecule has 0 aliphatic carbocycles. The summed E-state index contributed by atoms with van der Waals surface area (Å²) in [4.78, 5) is 27.4. The maximum Gasteiger partial charge on any atom is 0.267 e. The van der Waals surface area contributed by atoms with Gasteiger partial charge in [-0.25, -0.2) is 4.68 Å². The molecular weight excluding hydrogens is 342 g/mol. The topological polar surface area (TPSA) is 73.0 Å². The fourth-order valence-corrected chi connectivity index (χ4v) is 4.19. The zero-order valence-corrected chi connectivity index (χ0v) is 17.1. The third-order valence-corrected chi connectivity index (χ3v) is 5.49. The number of piperidine rings is 1. The molecule has 0 saturated carbocycles. The molecule has 7 nitrogen and oxygen atoms in total. The zero-order valence-electron chi connectivity index (χ0n) is 17.1. The van der Waals surface area contributed by atoms with Crippen LogP contribution in [0.1, 0.15) is 44.6 Å². The maximum atomic E-state index is 13.0. The van der Waals surface area contributed by atoms with Crippen molar-refractivity contribution in [3.63, 3.8) is 0 Å². The largest absolute Gasteiger partial charge is 0.340 e. The van der Waals surface area contributed by atoms with E-state index in [0.29, 0.717) is 17.5 Å². The van der Waals surface area contributed by atoms with Gasteiger partial charge in [-0.3, -0.25) is 14.3 Å². The van der Waals surface area contributed by atoms with Crippen LogP contribution in [0.15, 0.2) is 16.9 Å². The molecule has 0 spiro atoms. The molecule has 0 N–H and O–H groups in total. The molecule has 146 valence electrons. The van der Waals surface area contributed by atoms with Gasteiger partial charge < -0.3 is 4.90 Å². The SMILES string of the molecule is Cc1nn(C)c(C)c1-c1ccc(=O)n([C@H](C)C(=O)N2C[C@@H](C)C[C@H](C)C2)n1. The molecule has 0 aromatic carbocycles. The van der Waals surface area contributed by atoms with Crippen molar-refractivity contribution in [3.8, 4) is 11.3 Å². The van der Waals surface area contributed by atoms with E-state index in [1.165, 1.54) is 10.7 Å². The fraction of sp³-hybridized carbons (Fsp3) is 0.600. The highest BCUT2D eigenvalue weighted by molar-refractivity contribution is 5.80. The van der Waals surface area contributed by atoms with Crippen LogP contribution in [0.5, 0.6) is 0 Å². The second kappa shape index (κ2) is 7.29. The summed E-state index contributed by atoms with van der Waals surface area (Å²) in [6, 6.07) is 2.56. The molecule has 7 heteroatoms. The van der Waals surface area contributed by atoms with Crippen LogP contribution >= 0.6 is 0 Å². The van der Waals surface area contributed by atoms with Crippen molar-refractivity contribution in [2.75, 3.05) is 13.1 Å². The Morgan fingerprint density at radius 1 is 1.15 bits per heavy atom. The molecule has 0 bridgehead atoms. The van der Waals surface area contributed by atoms with Crippen molar-refractivity contribution in [2.24, 2.45) is 18.9 Å². The second-order valence-corrected chi connectivity index (χ2v) is 8.04. The highest BCUT2D eigenvalue weighted by Gasteiger charge is 2.30. The van der Waals surface area contributed by atoms with Gasteiger partial charge in [0, 0.05) is 37.5 Å². The summed E-state index contributed by atoms with van der Waals surface area (Å²) in [5.74, 6) is 0.906. The van der Waals surface area contributed by atoms with Crippen LogP contribution in [0, 0.1) is 25.7 Å². The maximum absolute atomic E-state index is 13.0. The zero-order chi connectivity index (χ0) is 19.9. The van der Waals surface area contributed by atoms with Crippen molar-refractivity contribution in [1.82, 2.24) is 24.5 Å². The van der Waals surface area contributed by atoms with Gasteiger partial charge in [0.15, 0.2) is 0 Å². The number of carbonyl (C=O) groups excluding carboxylic acids is 1. The Balaban J connectivity index is 1.94. The van der Waals surface area contributed by atoms with Gasteiger partial charge in [0.1, 0.15) is 6.04 Å². The monoisotopic (exact) mass is 371 g/mol. The van der Waals surface area contributed by atoms with Crippen molar-refractivity contribution in [3.05, 3.63) is 33.9 Å². The number of amides is 1. The molecule has 27 heavy (non-hydrogen) atoms. The lowest BCUT2D eigenvalue weighted by atomic mass is 9.91. The molecule has 2 aromatic rings. The molecule has 0 radical (unpaired) electrons. The number of hydrogen-bond acceptors (Lipinski definition) is 4. The molecule has 1 saturated heterocycles. The first kappa shape index (κ1) is 19.3. The van der Waals surface area contributed by atoms with Gasteiger partial charge in [-0.05, 0) is 45.1 Å². The van der Waals surface area contributed by atoms with E-state index in [2.05, 4.69) is 24.0 Å². The average Bonchev–Trinajstić information content (AvgIpc) is 2.85. The second-order valence-electron chi connectivity index (χ2n) is 8.04. The normalized spacial score (nSPS) is 21.3. The number of hydrogen-bond donors (Lipinski definition) is 0. The number of rotatable bonds is 3. The van der Waals surface area contributed by atoms with Crippen molar-refractivity contribution in [1.29, 1.82) is 0 Å². The van der Waals surface area contributed by atoms with Gasteiger partial charge in [-0.1, -0.05) is 13.8 Å². The number of aromatic nitrogens is 4. The van der Waals surface area contributed by atoms with Crippen molar-refractivity contribution < 1.29 is 4.79 Å². The van der Waals surface area contributed by atoms with E-state index in [9.17, 15) is 9.59 Å². The molecular formula is C20H29N5O2. The lowest BCUT2D eigenvalue weighted by Gasteiger charge is -2.36. The van der Waals surface area contributed by atoms with E-state index in [1.54, 1.807) is 17.7 Å². The van der Waals surface area contributed by atoms with E-state index < -0.39 is 6.04 Å². The van der Waals surface area contributed by atoms with E-state index in [4.69, 9.17) is 0 Å². The highest BCUT2D eigenvalue weighted by atomic mass is 16.2. The van der Waals surface area contributed by atoms with E-state index in [-0.39, 0.29) is 11.5 Å². The van der Waals surface area contributed by atoms with Crippen LogP contribution in [-0.4, -0.2) is 43.5 Å². The quantitative estimate of drug-likeness (QED) is 0.830. The first-order valence-electron chi connectivity index (χ1n) is 9.58. The predicted molar refractivity (Wildman–Crippen MR) is 104 cm³/mol. The highest BCUT2D eigenvalue weighted by Crippen LogP contribution is 2.25. The molecule has 1 aliphatic rings. The Hall–Kier alpha value is -2.44. The summed E-state index contributed by atoms with van der Waals surface area (Å²) in [7, 11) is 1.88. The van der Waals surface area contributed by atoms with Crippen LogP contribution < -0.4 is 5.56 Å². The molecule has 0 unspecified atom stereocenters. The summed E-state index contributed by atoms with van der Waals surface area (Å²) in [5, 5.41) is 8.96. The first-order chi connectivity index (χ1) is 12.7. The lowest BCUT2D eigenvalue weighted by Crippen LogP contribution is -2.46. The number of carbonyl (C=O) groups is 1. The summed E-state index contributed by atoms with van der Waals surface area (Å²) < 4.78 is 3.11. The average molecular weight is 371 g/mol. The van der Waals surface area contributed by atoms with Crippen LogP contribution in [-0.2, 0) is 11.8 Å². The standard InChI is InChI=1S/C20H29N5O2/c1-12-9-13(2)11-24(10-12)20(27)16(5)25-18(26)8-7-17(22-25)19-14(3)21-23(6)15(19)4/h7-8,12-13,16H,9-11H2,1-6H3/t12-,13-,16+/m0/s1. The third-order valence-electron chi connectivity index (χ3n) is 5.49. The Labute approximate surface area is 160 Å². The van der Waals surface area contributed by atoms with Gasteiger partial charge in [-0.15, -0.1) is 0 Å². The summed E-state index contributed by atoms with van der Waals surface area (Å²) in [5.41, 5.74) is 3.13. The number of likely N-dealkylation sites (tertiary alicyclic amines) is 1. The minimum atomic E-state index is -0.632. The minimum absolute atomic E-state index is 0.0419. The van der Waals surface area contributed by atoms with Crippen molar-refractivity contribution in [2.45, 2.75) is 47.1 Å². The molecule has 3 rings (SSSR count).